The highest BCUT2D eigenvalue weighted by Crippen LogP contribution is 2.66. The molecule has 2 unspecified atom stereocenters. The summed E-state index contributed by atoms with van der Waals surface area (Å²) >= 11 is 0. The van der Waals surface area contributed by atoms with Crippen LogP contribution in [0.3, 0.4) is 0 Å². The molecule has 0 aromatic carbocycles. The number of nitrogens with one attached hydrogen (secondary N) is 2. The van der Waals surface area contributed by atoms with Crippen LogP contribution >= 0.6 is 23.5 Å². The number of carbonyl (C=O) groups excluding carboxylic acids is 1. The van der Waals surface area contributed by atoms with Crippen molar-refractivity contribution in [1.29, 1.82) is 0 Å². The van der Waals surface area contributed by atoms with Crippen LogP contribution in [-0.2, 0) is 31.6 Å². The van der Waals surface area contributed by atoms with Gasteiger partial charge in [0, 0.05) is 25.7 Å². The molecule has 0 bridgehead atoms. The Morgan fingerprint density at radius 1 is 1.21 bits per heavy atom. The number of hydrogen-bond donors (Lipinski definition) is 8. The number of aliphatic hydroxyl groups excluding tert-OH is 1. The number of ether oxygens (including phenoxy) is 1. The lowest BCUT2D eigenvalue weighted by Crippen LogP contribution is -2.39. The van der Waals surface area contributed by atoms with E-state index in [1.165, 1.54) is 0 Å². The van der Waals surface area contributed by atoms with Crippen LogP contribution in [0.25, 0.3) is 0 Å². The molecule has 1 saturated heterocycles. The SMILES string of the molecule is NCCNC(=O)c1cn([C@H]2C[C@H](O)[C@@H](COP(=O)(O)OP(=O)(O)OP(=O)(O)O)O2)c(=O)[nH]c1=O. The van der Waals surface area contributed by atoms with Gasteiger partial charge in [-0.3, -0.25) is 23.7 Å². The first-order chi connectivity index (χ1) is 15.5. The van der Waals surface area contributed by atoms with Crippen LogP contribution in [0.1, 0.15) is 23.0 Å². The summed E-state index contributed by atoms with van der Waals surface area (Å²) < 4.78 is 51.3. The second-order valence-electron chi connectivity index (χ2n) is 6.57. The standard InChI is InChI=1S/C12H21N4O15P3/c13-1-2-14-10(18)6-4-16(12(20)15-11(6)19)9-3-7(17)8(29-9)5-28-33(24,25)31-34(26,27)30-32(21,22)23/h4,7-9,17H,1-3,5,13H2,(H,14,18)(H,24,25)(H,26,27)(H,15,19,20)(H2,21,22,23)/t7-,8+,9+/m0/s1. The minimum absolute atomic E-state index is 0.0404. The van der Waals surface area contributed by atoms with Crippen molar-refractivity contribution in [2.24, 2.45) is 5.73 Å². The molecule has 5 atom stereocenters. The molecular weight excluding hydrogens is 533 g/mol. The van der Waals surface area contributed by atoms with Gasteiger partial charge in [-0.1, -0.05) is 0 Å². The molecule has 2 rings (SSSR count). The van der Waals surface area contributed by atoms with Crippen molar-refractivity contribution in [1.82, 2.24) is 14.9 Å². The molecule has 1 aromatic rings. The molecule has 1 amide bonds. The van der Waals surface area contributed by atoms with E-state index in [2.05, 4.69) is 18.5 Å². The van der Waals surface area contributed by atoms with E-state index in [9.17, 15) is 38.1 Å². The number of H-pyrrole nitrogens is 1. The number of aliphatic hydroxyl groups is 1. The summed E-state index contributed by atoms with van der Waals surface area (Å²) in [6.45, 7) is -0.847. The van der Waals surface area contributed by atoms with E-state index < -0.39 is 71.2 Å². The lowest BCUT2D eigenvalue weighted by Gasteiger charge is -2.19. The van der Waals surface area contributed by atoms with Gasteiger partial charge in [0.05, 0.1) is 12.7 Å². The molecule has 22 heteroatoms. The Kier molecular flexibility index (Phi) is 9.29. The maximum absolute atomic E-state index is 12.1. The largest absolute Gasteiger partial charge is 0.490 e. The highest BCUT2D eigenvalue weighted by molar-refractivity contribution is 7.66. The zero-order valence-electron chi connectivity index (χ0n) is 16.8. The minimum atomic E-state index is -5.74. The molecular formula is C12H21N4O15P3. The van der Waals surface area contributed by atoms with Gasteiger partial charge in [0.15, 0.2) is 0 Å². The zero-order valence-corrected chi connectivity index (χ0v) is 19.5. The van der Waals surface area contributed by atoms with Gasteiger partial charge in [-0.05, 0) is 0 Å². The Morgan fingerprint density at radius 3 is 2.44 bits per heavy atom. The van der Waals surface area contributed by atoms with Gasteiger partial charge in [0.25, 0.3) is 11.5 Å². The quantitative estimate of drug-likeness (QED) is 0.128. The number of phosphoric acid groups is 3. The Balaban J connectivity index is 2.10. The maximum Gasteiger partial charge on any atom is 0.490 e. The second-order valence-corrected chi connectivity index (χ2v) is 11.0. The lowest BCUT2D eigenvalue weighted by atomic mass is 10.2. The number of nitrogens with zero attached hydrogens (tertiary/aromatic N) is 1. The number of aromatic amines is 1. The molecule has 1 aliphatic heterocycles. The average molecular weight is 554 g/mol. The number of aromatic nitrogens is 2. The first-order valence-corrected chi connectivity index (χ1v) is 13.5. The monoisotopic (exact) mass is 554 g/mol. The fraction of sp³-hybridized carbons (Fsp3) is 0.583. The highest BCUT2D eigenvalue weighted by Gasteiger charge is 2.43. The van der Waals surface area contributed by atoms with E-state index in [0.717, 1.165) is 10.8 Å². The maximum atomic E-state index is 12.1. The third-order valence-electron chi connectivity index (χ3n) is 3.97. The first kappa shape index (κ1) is 28.7. The number of carbonyl (C=O) groups is 1. The van der Waals surface area contributed by atoms with Crippen LogP contribution in [0.2, 0.25) is 0 Å². The van der Waals surface area contributed by atoms with Gasteiger partial charge >= 0.3 is 29.2 Å². The molecule has 0 saturated carbocycles. The number of nitrogens with two attached hydrogens (primary N) is 1. The van der Waals surface area contributed by atoms with E-state index in [0.29, 0.717) is 0 Å². The molecule has 1 fully saturated rings. The smallest absolute Gasteiger partial charge is 0.390 e. The number of phosphoric ester groups is 1. The van der Waals surface area contributed by atoms with Gasteiger partial charge in [-0.15, -0.1) is 0 Å². The van der Waals surface area contributed by atoms with E-state index in [4.69, 9.17) is 25.2 Å². The summed E-state index contributed by atoms with van der Waals surface area (Å²) in [6, 6.07) is 0. The van der Waals surface area contributed by atoms with Gasteiger partial charge in [0.2, 0.25) is 0 Å². The molecule has 0 aliphatic carbocycles. The van der Waals surface area contributed by atoms with E-state index in [-0.39, 0.29) is 19.5 Å². The lowest BCUT2D eigenvalue weighted by molar-refractivity contribution is -0.0450. The Morgan fingerprint density at radius 2 is 1.85 bits per heavy atom. The topological polar surface area (TPSA) is 299 Å². The Hall–Kier alpha value is -1.56. The van der Waals surface area contributed by atoms with Gasteiger partial charge in [-0.2, -0.15) is 8.62 Å². The summed E-state index contributed by atoms with van der Waals surface area (Å²) in [4.78, 5) is 73.6. The first-order valence-electron chi connectivity index (χ1n) is 8.99. The zero-order chi connectivity index (χ0) is 25.9. The Bertz CT molecular complexity index is 1160. The molecule has 0 spiro atoms. The van der Waals surface area contributed by atoms with Gasteiger partial charge < -0.3 is 40.5 Å². The van der Waals surface area contributed by atoms with E-state index >= 15 is 0 Å². The average Bonchev–Trinajstić information content (AvgIpc) is 3.02. The molecule has 1 aliphatic rings. The molecule has 34 heavy (non-hydrogen) atoms. The number of amides is 1. The van der Waals surface area contributed by atoms with Gasteiger partial charge in [0.1, 0.15) is 17.9 Å². The fourth-order valence-electron chi connectivity index (χ4n) is 2.65. The predicted octanol–water partition coefficient (Wildman–Crippen LogP) is -2.78. The molecule has 9 N–H and O–H groups in total. The van der Waals surface area contributed by atoms with Crippen molar-refractivity contribution in [2.75, 3.05) is 19.7 Å². The third kappa shape index (κ3) is 8.28. The van der Waals surface area contributed by atoms with Crippen LogP contribution in [0.4, 0.5) is 0 Å². The summed E-state index contributed by atoms with van der Waals surface area (Å²) in [5.74, 6) is -0.844. The molecule has 19 nitrogen and oxygen atoms in total. The predicted molar refractivity (Wildman–Crippen MR) is 107 cm³/mol. The van der Waals surface area contributed by atoms with Crippen molar-refractivity contribution < 1.29 is 61.1 Å². The second kappa shape index (κ2) is 11.0. The fourth-order valence-corrected chi connectivity index (χ4v) is 5.68. The van der Waals surface area contributed by atoms with Crippen LogP contribution in [-0.4, -0.2) is 72.0 Å². The molecule has 2 heterocycles. The van der Waals surface area contributed by atoms with E-state index in [1.807, 2.05) is 4.98 Å². The molecule has 0 radical (unpaired) electrons. The summed E-state index contributed by atoms with van der Waals surface area (Å²) in [6.07, 6.45) is -3.60. The third-order valence-corrected chi connectivity index (χ3v) is 7.78. The van der Waals surface area contributed by atoms with Crippen LogP contribution in [0, 0.1) is 0 Å². The Labute approximate surface area is 188 Å². The van der Waals surface area contributed by atoms with E-state index in [1.54, 1.807) is 0 Å². The van der Waals surface area contributed by atoms with Crippen molar-refractivity contribution in [3.8, 4) is 0 Å². The summed E-state index contributed by atoms with van der Waals surface area (Å²) in [5.41, 5.74) is 2.78. The van der Waals surface area contributed by atoms with Crippen LogP contribution in [0.5, 0.6) is 0 Å². The summed E-state index contributed by atoms with van der Waals surface area (Å²) in [5, 5.41) is 12.4. The summed E-state index contributed by atoms with van der Waals surface area (Å²) in [7, 11) is -16.8. The minimum Gasteiger partial charge on any atom is -0.390 e. The number of rotatable bonds is 11. The molecule has 194 valence electrons. The van der Waals surface area contributed by atoms with Crippen LogP contribution < -0.4 is 22.3 Å². The van der Waals surface area contributed by atoms with Gasteiger partial charge in [-0.25, -0.2) is 18.5 Å². The van der Waals surface area contributed by atoms with Crippen molar-refractivity contribution >= 4 is 29.4 Å². The molecule has 1 aromatic heterocycles. The van der Waals surface area contributed by atoms with Crippen LogP contribution in [0.15, 0.2) is 15.8 Å². The highest BCUT2D eigenvalue weighted by atomic mass is 31.3. The van der Waals surface area contributed by atoms with Crippen molar-refractivity contribution in [3.05, 3.63) is 32.6 Å². The number of hydrogen-bond acceptors (Lipinski definition) is 12. The van der Waals surface area contributed by atoms with Crippen molar-refractivity contribution in [3.63, 3.8) is 0 Å². The normalized spacial score (nSPS) is 24.4. The van der Waals surface area contributed by atoms with Crippen molar-refractivity contribution in [2.45, 2.75) is 24.9 Å².